The topological polar surface area (TPSA) is 29.6 Å². The molecule has 2 aliphatic rings. The Morgan fingerprint density at radius 2 is 1.92 bits per heavy atom. The molecule has 1 saturated carbocycles. The zero-order chi connectivity index (χ0) is 9.14. The Bertz CT molecular complexity index is 165. The van der Waals surface area contributed by atoms with Crippen LogP contribution in [0.5, 0.6) is 0 Å². The fraction of sp³-hybridized carbons (Fsp3) is 0.900. The van der Waals surface area contributed by atoms with Crippen LogP contribution >= 0.6 is 0 Å². The molecule has 0 amide bonds. The van der Waals surface area contributed by atoms with Crippen molar-refractivity contribution in [1.82, 2.24) is 0 Å². The highest BCUT2D eigenvalue weighted by Gasteiger charge is 2.44. The molecule has 70 valence electrons. The Morgan fingerprint density at radius 1 is 1.25 bits per heavy atom. The average Bonchev–Trinajstić information content (AvgIpc) is 2.84. The first-order valence-corrected chi connectivity index (χ1v) is 4.93. The predicted molar refractivity (Wildman–Crippen MR) is 48.0 cm³/mol. The van der Waals surface area contributed by atoms with Gasteiger partial charge in [-0.2, -0.15) is 0 Å². The van der Waals surface area contributed by atoms with Gasteiger partial charge in [0.25, 0.3) is 0 Å². The van der Waals surface area contributed by atoms with Crippen molar-refractivity contribution < 1.29 is 9.53 Å². The van der Waals surface area contributed by atoms with Crippen molar-refractivity contribution in [3.05, 3.63) is 0 Å². The van der Waals surface area contributed by atoms with Crippen molar-refractivity contribution in [3.8, 4) is 0 Å². The molecule has 3 atom stereocenters. The third-order valence-corrected chi connectivity index (χ3v) is 2.58. The first-order valence-electron chi connectivity index (χ1n) is 4.93. The summed E-state index contributed by atoms with van der Waals surface area (Å²) >= 11 is 0. The van der Waals surface area contributed by atoms with Crippen LogP contribution in [0.3, 0.4) is 0 Å². The lowest BCUT2D eigenvalue weighted by Gasteiger charge is -2.14. The molecule has 0 aromatic rings. The van der Waals surface area contributed by atoms with Crippen molar-refractivity contribution in [1.29, 1.82) is 0 Å². The fourth-order valence-corrected chi connectivity index (χ4v) is 1.77. The summed E-state index contributed by atoms with van der Waals surface area (Å²) in [6.45, 7) is 5.69. The number of ketones is 1. The van der Waals surface area contributed by atoms with Gasteiger partial charge < -0.3 is 4.74 Å². The average molecular weight is 170 g/mol. The van der Waals surface area contributed by atoms with E-state index in [1.54, 1.807) is 6.92 Å². The molecule has 3 unspecified atom stereocenters. The maximum absolute atomic E-state index is 10.9. The van der Waals surface area contributed by atoms with E-state index >= 15 is 0 Å². The summed E-state index contributed by atoms with van der Waals surface area (Å²) in [6, 6.07) is 0. The molecule has 0 N–H and O–H groups in total. The van der Waals surface area contributed by atoms with Gasteiger partial charge in [0.2, 0.25) is 0 Å². The largest absolute Gasteiger partial charge is 0.370 e. The van der Waals surface area contributed by atoms with Gasteiger partial charge in [0, 0.05) is 5.92 Å². The minimum atomic E-state index is 0.309. The van der Waals surface area contributed by atoms with Crippen molar-refractivity contribution in [3.63, 3.8) is 0 Å². The molecule has 1 aliphatic carbocycles. The van der Waals surface area contributed by atoms with Crippen LogP contribution in [0.15, 0.2) is 0 Å². The summed E-state index contributed by atoms with van der Waals surface area (Å²) in [6.07, 6.45) is 4.11. The van der Waals surface area contributed by atoms with E-state index < -0.39 is 0 Å². The number of fused-ring (bicyclic) bond motifs is 1. The molecule has 0 bridgehead atoms. The maximum atomic E-state index is 10.9. The van der Waals surface area contributed by atoms with Crippen LogP contribution in [0.1, 0.15) is 40.0 Å². The van der Waals surface area contributed by atoms with E-state index in [9.17, 15) is 4.79 Å². The van der Waals surface area contributed by atoms with Gasteiger partial charge in [-0.05, 0) is 26.2 Å². The van der Waals surface area contributed by atoms with E-state index in [1.807, 2.05) is 13.8 Å². The molecule has 1 heterocycles. The smallest absolute Gasteiger partial charge is 0.133 e. The summed E-state index contributed by atoms with van der Waals surface area (Å²) in [4.78, 5) is 10.9. The number of hydrogen-bond donors (Lipinski definition) is 0. The first kappa shape index (κ1) is 9.72. The van der Waals surface area contributed by atoms with Crippen LogP contribution in [0.4, 0.5) is 0 Å². The Kier molecular flexibility index (Phi) is 3.27. The third-order valence-electron chi connectivity index (χ3n) is 2.58. The molecule has 0 aromatic heterocycles. The molecule has 0 aromatic carbocycles. The molecule has 2 heteroatoms. The second-order valence-electron chi connectivity index (χ2n) is 3.33. The monoisotopic (exact) mass is 170 g/mol. The second kappa shape index (κ2) is 4.04. The van der Waals surface area contributed by atoms with E-state index in [2.05, 4.69) is 0 Å². The lowest BCUT2D eigenvalue weighted by molar-refractivity contribution is -0.121. The van der Waals surface area contributed by atoms with Crippen LogP contribution in [0.2, 0.25) is 0 Å². The Labute approximate surface area is 74.3 Å². The van der Waals surface area contributed by atoms with E-state index in [0.717, 1.165) is 19.3 Å². The molecule has 1 saturated heterocycles. The van der Waals surface area contributed by atoms with Crippen molar-refractivity contribution >= 4 is 5.78 Å². The van der Waals surface area contributed by atoms with Crippen LogP contribution in [-0.4, -0.2) is 18.0 Å². The summed E-state index contributed by atoms with van der Waals surface area (Å²) in [5.41, 5.74) is 0. The van der Waals surface area contributed by atoms with Gasteiger partial charge in [0.05, 0.1) is 12.2 Å². The Balaban J connectivity index is 0.000000336. The van der Waals surface area contributed by atoms with Crippen LogP contribution in [0.25, 0.3) is 0 Å². The van der Waals surface area contributed by atoms with Gasteiger partial charge in [0.1, 0.15) is 5.78 Å². The van der Waals surface area contributed by atoms with E-state index in [0.29, 0.717) is 23.9 Å². The molecule has 0 radical (unpaired) electrons. The Morgan fingerprint density at radius 3 is 2.42 bits per heavy atom. The number of ether oxygens (including phenoxy) is 1. The predicted octanol–water partition coefficient (Wildman–Crippen LogP) is 2.17. The lowest BCUT2D eigenvalue weighted by Crippen LogP contribution is -2.19. The SMILES string of the molecule is CC.CC(=O)C1CCC2OC2C1. The summed E-state index contributed by atoms with van der Waals surface area (Å²) in [5.74, 6) is 0.651. The molecule has 0 spiro atoms. The quantitative estimate of drug-likeness (QED) is 0.564. The number of carbonyl (C=O) groups is 1. The van der Waals surface area contributed by atoms with E-state index in [-0.39, 0.29) is 0 Å². The molecular formula is C10H18O2. The minimum Gasteiger partial charge on any atom is -0.370 e. The highest BCUT2D eigenvalue weighted by atomic mass is 16.6. The fourth-order valence-electron chi connectivity index (χ4n) is 1.77. The van der Waals surface area contributed by atoms with E-state index in [4.69, 9.17) is 4.74 Å². The number of Topliss-reactive ketones (excluding diaryl/α,β-unsaturated/α-hetero) is 1. The van der Waals surface area contributed by atoms with Crippen LogP contribution in [0, 0.1) is 5.92 Å². The standard InChI is InChI=1S/C8H12O2.C2H6/c1-5(9)6-2-3-7-8(4-6)10-7;1-2/h6-8H,2-4H2,1H3;1-2H3. The highest BCUT2D eigenvalue weighted by Crippen LogP contribution is 2.39. The third kappa shape index (κ3) is 2.07. The van der Waals surface area contributed by atoms with Crippen molar-refractivity contribution in [2.75, 3.05) is 0 Å². The zero-order valence-corrected chi connectivity index (χ0v) is 8.17. The summed E-state index contributed by atoms with van der Waals surface area (Å²) in [5, 5.41) is 0. The normalized spacial score (nSPS) is 37.4. The second-order valence-corrected chi connectivity index (χ2v) is 3.33. The molecule has 2 rings (SSSR count). The molecule has 2 fully saturated rings. The van der Waals surface area contributed by atoms with Crippen molar-refractivity contribution in [2.24, 2.45) is 5.92 Å². The summed E-state index contributed by atoms with van der Waals surface area (Å²) < 4.78 is 5.31. The minimum absolute atomic E-state index is 0.309. The highest BCUT2D eigenvalue weighted by molar-refractivity contribution is 5.78. The molecule has 1 aliphatic heterocycles. The zero-order valence-electron chi connectivity index (χ0n) is 8.17. The number of hydrogen-bond acceptors (Lipinski definition) is 2. The van der Waals surface area contributed by atoms with Crippen molar-refractivity contribution in [2.45, 2.75) is 52.2 Å². The molecule has 2 nitrogen and oxygen atoms in total. The van der Waals surface area contributed by atoms with Gasteiger partial charge >= 0.3 is 0 Å². The van der Waals surface area contributed by atoms with Gasteiger partial charge in [-0.15, -0.1) is 0 Å². The van der Waals surface area contributed by atoms with Gasteiger partial charge in [-0.25, -0.2) is 0 Å². The summed E-state index contributed by atoms with van der Waals surface area (Å²) in [7, 11) is 0. The van der Waals surface area contributed by atoms with Gasteiger partial charge in [-0.3, -0.25) is 4.79 Å². The van der Waals surface area contributed by atoms with E-state index in [1.165, 1.54) is 0 Å². The molecule has 12 heavy (non-hydrogen) atoms. The maximum Gasteiger partial charge on any atom is 0.133 e. The molecular weight excluding hydrogens is 152 g/mol. The van der Waals surface area contributed by atoms with Gasteiger partial charge in [-0.1, -0.05) is 13.8 Å². The number of epoxide rings is 1. The van der Waals surface area contributed by atoms with Crippen LogP contribution in [-0.2, 0) is 9.53 Å². The number of carbonyl (C=O) groups excluding carboxylic acids is 1. The number of rotatable bonds is 1. The lowest BCUT2D eigenvalue weighted by atomic mass is 9.87. The van der Waals surface area contributed by atoms with Gasteiger partial charge in [0.15, 0.2) is 0 Å². The van der Waals surface area contributed by atoms with Crippen LogP contribution < -0.4 is 0 Å². The Hall–Kier alpha value is -0.370. The first-order chi connectivity index (χ1) is 5.77.